The average molecular weight is 244 g/mol. The number of allylic oxidation sites excluding steroid dienone is 4. The summed E-state index contributed by atoms with van der Waals surface area (Å²) in [5.74, 6) is 0.800. The molecule has 96 valence electrons. The third kappa shape index (κ3) is 4.59. The molecule has 0 amide bonds. The van der Waals surface area contributed by atoms with Gasteiger partial charge in [0.15, 0.2) is 5.84 Å². The predicted octanol–water partition coefficient (Wildman–Crippen LogP) is 2.50. The maximum atomic E-state index is 5.67. The standard InChI is InChI=1S/C14H20N4/c1-4-17-18-14(16-3)13-9-7-12(8-10-13)6-5-11(2)15/h4-9,11,13H,3,10,15H2,1-2H3/b6-5-,17-4-,18-14-. The molecule has 2 atom stereocenters. The number of amidine groups is 1. The summed E-state index contributed by atoms with van der Waals surface area (Å²) in [6.07, 6.45) is 12.7. The van der Waals surface area contributed by atoms with Gasteiger partial charge >= 0.3 is 0 Å². The molecule has 0 aromatic rings. The van der Waals surface area contributed by atoms with Gasteiger partial charge in [-0.2, -0.15) is 5.10 Å². The first-order valence-electron chi connectivity index (χ1n) is 6.01. The van der Waals surface area contributed by atoms with Crippen LogP contribution in [0, 0.1) is 5.92 Å². The van der Waals surface area contributed by atoms with Crippen molar-refractivity contribution in [2.75, 3.05) is 0 Å². The molecule has 1 aliphatic carbocycles. The molecule has 0 radical (unpaired) electrons. The third-order valence-electron chi connectivity index (χ3n) is 2.49. The van der Waals surface area contributed by atoms with Crippen molar-refractivity contribution in [2.45, 2.75) is 26.3 Å². The summed E-state index contributed by atoms with van der Waals surface area (Å²) >= 11 is 0. The molecule has 1 aliphatic rings. The van der Waals surface area contributed by atoms with Crippen molar-refractivity contribution >= 4 is 18.8 Å². The molecule has 0 aromatic carbocycles. The summed E-state index contributed by atoms with van der Waals surface area (Å²) < 4.78 is 0. The van der Waals surface area contributed by atoms with Gasteiger partial charge in [-0.3, -0.25) is 0 Å². The summed E-state index contributed by atoms with van der Waals surface area (Å²) in [7, 11) is 0. The van der Waals surface area contributed by atoms with Crippen LogP contribution in [-0.2, 0) is 0 Å². The lowest BCUT2D eigenvalue weighted by Crippen LogP contribution is -2.12. The Morgan fingerprint density at radius 1 is 1.61 bits per heavy atom. The molecule has 0 bridgehead atoms. The molecule has 0 aromatic heterocycles. The Labute approximate surface area is 108 Å². The third-order valence-corrected chi connectivity index (χ3v) is 2.49. The molecule has 0 aliphatic heterocycles. The van der Waals surface area contributed by atoms with Crippen LogP contribution in [0.2, 0.25) is 0 Å². The summed E-state index contributed by atoms with van der Waals surface area (Å²) in [5.41, 5.74) is 6.82. The molecule has 2 N–H and O–H groups in total. The first-order chi connectivity index (χ1) is 8.67. The number of rotatable bonds is 4. The molecule has 2 unspecified atom stereocenters. The highest BCUT2D eigenvalue weighted by Crippen LogP contribution is 2.19. The minimum absolute atomic E-state index is 0.0721. The molecule has 0 saturated carbocycles. The Balaban J connectivity index is 2.68. The molecule has 4 heteroatoms. The van der Waals surface area contributed by atoms with Crippen LogP contribution in [0.5, 0.6) is 0 Å². The van der Waals surface area contributed by atoms with Gasteiger partial charge in [0.1, 0.15) is 0 Å². The van der Waals surface area contributed by atoms with Crippen molar-refractivity contribution in [1.29, 1.82) is 0 Å². The zero-order valence-corrected chi connectivity index (χ0v) is 11.0. The zero-order valence-electron chi connectivity index (χ0n) is 11.0. The van der Waals surface area contributed by atoms with Crippen molar-refractivity contribution in [1.82, 2.24) is 0 Å². The number of hydrogen-bond donors (Lipinski definition) is 1. The van der Waals surface area contributed by atoms with Gasteiger partial charge in [-0.05, 0) is 32.6 Å². The molecule has 0 saturated heterocycles. The fourth-order valence-corrected chi connectivity index (χ4v) is 1.55. The van der Waals surface area contributed by atoms with E-state index in [4.69, 9.17) is 5.73 Å². The second-order valence-corrected chi connectivity index (χ2v) is 4.11. The molecular weight excluding hydrogens is 224 g/mol. The lowest BCUT2D eigenvalue weighted by atomic mass is 9.95. The van der Waals surface area contributed by atoms with Crippen molar-refractivity contribution in [2.24, 2.45) is 26.8 Å². The van der Waals surface area contributed by atoms with Gasteiger partial charge in [0, 0.05) is 18.2 Å². The molecule has 4 nitrogen and oxygen atoms in total. The van der Waals surface area contributed by atoms with Crippen molar-refractivity contribution in [3.8, 4) is 0 Å². The van der Waals surface area contributed by atoms with Gasteiger partial charge in [0.2, 0.25) is 0 Å². The maximum Gasteiger partial charge on any atom is 0.157 e. The largest absolute Gasteiger partial charge is 0.325 e. The van der Waals surface area contributed by atoms with Crippen LogP contribution < -0.4 is 5.73 Å². The lowest BCUT2D eigenvalue weighted by molar-refractivity contribution is 0.846. The molecule has 0 spiro atoms. The van der Waals surface area contributed by atoms with Gasteiger partial charge in [-0.25, -0.2) is 4.99 Å². The van der Waals surface area contributed by atoms with Crippen LogP contribution in [0.3, 0.4) is 0 Å². The van der Waals surface area contributed by atoms with Crippen LogP contribution in [0.15, 0.2) is 51.1 Å². The van der Waals surface area contributed by atoms with Gasteiger partial charge in [-0.1, -0.05) is 30.4 Å². The van der Waals surface area contributed by atoms with Gasteiger partial charge in [0.25, 0.3) is 0 Å². The maximum absolute atomic E-state index is 5.67. The van der Waals surface area contributed by atoms with E-state index in [2.05, 4.69) is 34.1 Å². The van der Waals surface area contributed by atoms with Gasteiger partial charge in [0.05, 0.1) is 0 Å². The quantitative estimate of drug-likeness (QED) is 0.461. The summed E-state index contributed by atoms with van der Waals surface area (Å²) in [6.45, 7) is 7.29. The Kier molecular flexibility index (Phi) is 5.94. The van der Waals surface area contributed by atoms with Crippen LogP contribution >= 0.6 is 0 Å². The molecule has 0 fully saturated rings. The van der Waals surface area contributed by atoms with E-state index in [0.717, 1.165) is 12.0 Å². The van der Waals surface area contributed by atoms with E-state index in [0.29, 0.717) is 5.84 Å². The Morgan fingerprint density at radius 3 is 2.89 bits per heavy atom. The van der Waals surface area contributed by atoms with Crippen molar-refractivity contribution in [3.63, 3.8) is 0 Å². The van der Waals surface area contributed by atoms with E-state index in [1.165, 1.54) is 0 Å². The van der Waals surface area contributed by atoms with Gasteiger partial charge in [-0.15, -0.1) is 5.10 Å². The fourth-order valence-electron chi connectivity index (χ4n) is 1.55. The van der Waals surface area contributed by atoms with Gasteiger partial charge < -0.3 is 5.73 Å². The second kappa shape index (κ2) is 7.50. The van der Waals surface area contributed by atoms with Crippen molar-refractivity contribution in [3.05, 3.63) is 36.0 Å². The summed E-state index contributed by atoms with van der Waals surface area (Å²) in [5, 5.41) is 7.86. The molecule has 1 rings (SSSR count). The molecular formula is C14H20N4. The number of aliphatic imine (C=N–C) groups is 1. The number of nitrogens with two attached hydrogens (primary N) is 1. The zero-order chi connectivity index (χ0) is 13.4. The highest BCUT2D eigenvalue weighted by molar-refractivity contribution is 5.90. The Hall–Kier alpha value is -1.81. The molecule has 0 heterocycles. The van der Waals surface area contributed by atoms with E-state index in [1.54, 1.807) is 6.21 Å². The van der Waals surface area contributed by atoms with E-state index in [-0.39, 0.29) is 12.0 Å². The van der Waals surface area contributed by atoms with Crippen LogP contribution in [0.25, 0.3) is 0 Å². The lowest BCUT2D eigenvalue weighted by Gasteiger charge is -2.13. The minimum Gasteiger partial charge on any atom is -0.325 e. The predicted molar refractivity (Wildman–Crippen MR) is 79.3 cm³/mol. The van der Waals surface area contributed by atoms with Crippen LogP contribution in [0.4, 0.5) is 0 Å². The van der Waals surface area contributed by atoms with Crippen LogP contribution in [0.1, 0.15) is 20.3 Å². The highest BCUT2D eigenvalue weighted by atomic mass is 15.2. The summed E-state index contributed by atoms with van der Waals surface area (Å²) in [4.78, 5) is 3.92. The smallest absolute Gasteiger partial charge is 0.157 e. The van der Waals surface area contributed by atoms with E-state index >= 15 is 0 Å². The van der Waals surface area contributed by atoms with Crippen molar-refractivity contribution < 1.29 is 0 Å². The number of nitrogens with zero attached hydrogens (tertiary/aromatic N) is 3. The first-order valence-corrected chi connectivity index (χ1v) is 6.01. The normalized spacial score (nSPS) is 22.5. The van der Waals surface area contributed by atoms with Crippen LogP contribution in [-0.4, -0.2) is 24.8 Å². The second-order valence-electron chi connectivity index (χ2n) is 4.11. The monoisotopic (exact) mass is 244 g/mol. The van der Waals surface area contributed by atoms with E-state index in [1.807, 2.05) is 32.1 Å². The number of hydrogen-bond acceptors (Lipinski definition) is 3. The summed E-state index contributed by atoms with van der Waals surface area (Å²) in [6, 6.07) is 0.0721. The Morgan fingerprint density at radius 2 is 2.39 bits per heavy atom. The minimum atomic E-state index is 0.0721. The fraction of sp³-hybridized carbons (Fsp3) is 0.357. The SMILES string of the molecule is C=N/C(=N\N=C/C)C1C=CC(/C=C\C(C)N)=CC1. The highest BCUT2D eigenvalue weighted by Gasteiger charge is 2.13. The first kappa shape index (κ1) is 14.3. The topological polar surface area (TPSA) is 63.1 Å². The average Bonchev–Trinajstić information content (AvgIpc) is 2.38. The van der Waals surface area contributed by atoms with E-state index in [9.17, 15) is 0 Å². The van der Waals surface area contributed by atoms with E-state index < -0.39 is 0 Å². The molecule has 18 heavy (non-hydrogen) atoms. The Bertz CT molecular complexity index is 425.